The van der Waals surface area contributed by atoms with Crippen molar-refractivity contribution >= 4 is 17.3 Å². The highest BCUT2D eigenvalue weighted by Crippen LogP contribution is 2.29. The lowest BCUT2D eigenvalue weighted by Gasteiger charge is -2.25. The molecule has 1 aromatic rings. The molecule has 0 radical (unpaired) electrons. The molecule has 1 atom stereocenters. The van der Waals surface area contributed by atoms with E-state index in [2.05, 4.69) is 12.2 Å². The number of nitro benzene ring substituents is 1. The monoisotopic (exact) mass is 279 g/mol. The molecular formula is C14H21N3O3. The molecule has 0 saturated heterocycles. The van der Waals surface area contributed by atoms with Gasteiger partial charge in [0.15, 0.2) is 0 Å². The average Bonchev–Trinajstić information content (AvgIpc) is 2.44. The summed E-state index contributed by atoms with van der Waals surface area (Å²) in [5.41, 5.74) is 0.500. The van der Waals surface area contributed by atoms with Crippen LogP contribution in [0.25, 0.3) is 0 Å². The van der Waals surface area contributed by atoms with Crippen LogP contribution in [-0.2, 0) is 0 Å². The molecule has 0 bridgehead atoms. The first kappa shape index (κ1) is 15.9. The first-order valence-electron chi connectivity index (χ1n) is 6.66. The quantitative estimate of drug-likeness (QED) is 0.641. The van der Waals surface area contributed by atoms with Gasteiger partial charge in [-0.3, -0.25) is 14.9 Å². The number of rotatable bonds is 6. The minimum absolute atomic E-state index is 0.0881. The summed E-state index contributed by atoms with van der Waals surface area (Å²) in [7, 11) is 3.30. The Morgan fingerprint density at radius 1 is 1.50 bits per heavy atom. The Kier molecular flexibility index (Phi) is 5.49. The van der Waals surface area contributed by atoms with Gasteiger partial charge in [0.25, 0.3) is 11.6 Å². The molecule has 0 fully saturated rings. The van der Waals surface area contributed by atoms with Crippen LogP contribution >= 0.6 is 0 Å². The second kappa shape index (κ2) is 6.88. The van der Waals surface area contributed by atoms with Crippen molar-refractivity contribution in [2.24, 2.45) is 0 Å². The first-order chi connectivity index (χ1) is 9.43. The highest BCUT2D eigenvalue weighted by molar-refractivity contribution is 6.01. The molecule has 1 rings (SSSR count). The number of nitrogens with one attached hydrogen (secondary N) is 1. The second-order valence-electron chi connectivity index (χ2n) is 4.76. The van der Waals surface area contributed by atoms with Crippen LogP contribution in [0.4, 0.5) is 11.4 Å². The molecular weight excluding hydrogens is 258 g/mol. The average molecular weight is 279 g/mol. The molecule has 20 heavy (non-hydrogen) atoms. The Hall–Kier alpha value is -2.11. The lowest BCUT2D eigenvalue weighted by molar-refractivity contribution is -0.384. The normalized spacial score (nSPS) is 11.8. The van der Waals surface area contributed by atoms with Crippen LogP contribution in [0, 0.1) is 10.1 Å². The predicted octanol–water partition coefficient (Wildman–Crippen LogP) is 2.90. The molecule has 6 nitrogen and oxygen atoms in total. The van der Waals surface area contributed by atoms with Gasteiger partial charge in [-0.2, -0.15) is 0 Å². The van der Waals surface area contributed by atoms with E-state index in [0.29, 0.717) is 5.56 Å². The number of hydrogen-bond acceptors (Lipinski definition) is 4. The fraction of sp³-hybridized carbons (Fsp3) is 0.500. The Labute approximate surface area is 118 Å². The van der Waals surface area contributed by atoms with Crippen LogP contribution in [0.15, 0.2) is 18.2 Å². The van der Waals surface area contributed by atoms with Crippen LogP contribution < -0.4 is 5.32 Å². The molecule has 1 amide bonds. The fourth-order valence-corrected chi connectivity index (χ4v) is 2.13. The van der Waals surface area contributed by atoms with E-state index >= 15 is 0 Å². The zero-order chi connectivity index (χ0) is 15.3. The van der Waals surface area contributed by atoms with Crippen molar-refractivity contribution < 1.29 is 9.72 Å². The van der Waals surface area contributed by atoms with Gasteiger partial charge < -0.3 is 10.2 Å². The Balaban J connectivity index is 3.16. The Morgan fingerprint density at radius 3 is 2.65 bits per heavy atom. The highest BCUT2D eigenvalue weighted by Gasteiger charge is 2.24. The number of benzene rings is 1. The third kappa shape index (κ3) is 3.26. The summed E-state index contributed by atoms with van der Waals surface area (Å²) in [6.07, 6.45) is 1.87. The summed E-state index contributed by atoms with van der Waals surface area (Å²) in [5.74, 6) is -0.209. The number of hydrogen-bond donors (Lipinski definition) is 1. The van der Waals surface area contributed by atoms with Crippen LogP contribution in [0.3, 0.4) is 0 Å². The lowest BCUT2D eigenvalue weighted by Crippen LogP contribution is -2.35. The SMILES string of the molecule is CCCC(C)N(C)C(=O)c1cccc([N+](=O)[O-])c1NC. The topological polar surface area (TPSA) is 75.5 Å². The van der Waals surface area contributed by atoms with Crippen molar-refractivity contribution in [3.05, 3.63) is 33.9 Å². The molecule has 0 aliphatic carbocycles. The van der Waals surface area contributed by atoms with Crippen LogP contribution in [-0.4, -0.2) is 35.9 Å². The van der Waals surface area contributed by atoms with E-state index in [1.54, 1.807) is 25.1 Å². The van der Waals surface area contributed by atoms with Crippen LogP contribution in [0.1, 0.15) is 37.0 Å². The number of nitro groups is 1. The number of amides is 1. The first-order valence-corrected chi connectivity index (χ1v) is 6.66. The summed E-state index contributed by atoms with van der Waals surface area (Å²) in [6, 6.07) is 4.62. The van der Waals surface area contributed by atoms with E-state index in [1.165, 1.54) is 12.1 Å². The number of anilines is 1. The molecule has 6 heteroatoms. The van der Waals surface area contributed by atoms with Crippen molar-refractivity contribution in [2.45, 2.75) is 32.7 Å². The number of para-hydroxylation sites is 1. The summed E-state index contributed by atoms with van der Waals surface area (Å²) in [4.78, 5) is 24.6. The van der Waals surface area contributed by atoms with E-state index in [-0.39, 0.29) is 23.3 Å². The van der Waals surface area contributed by atoms with E-state index < -0.39 is 4.92 Å². The van der Waals surface area contributed by atoms with Crippen molar-refractivity contribution in [2.75, 3.05) is 19.4 Å². The maximum atomic E-state index is 12.5. The van der Waals surface area contributed by atoms with Crippen LogP contribution in [0.5, 0.6) is 0 Å². The zero-order valence-electron chi connectivity index (χ0n) is 12.3. The van der Waals surface area contributed by atoms with Crippen molar-refractivity contribution in [3.8, 4) is 0 Å². The van der Waals surface area contributed by atoms with Gasteiger partial charge in [0.05, 0.1) is 10.5 Å². The summed E-state index contributed by atoms with van der Waals surface area (Å²) < 4.78 is 0. The molecule has 0 aromatic heterocycles. The fourth-order valence-electron chi connectivity index (χ4n) is 2.13. The van der Waals surface area contributed by atoms with Gasteiger partial charge >= 0.3 is 0 Å². The van der Waals surface area contributed by atoms with Gasteiger partial charge in [-0.05, 0) is 19.4 Å². The summed E-state index contributed by atoms with van der Waals surface area (Å²) in [5, 5.41) is 13.8. The number of carbonyl (C=O) groups is 1. The standard InChI is InChI=1S/C14H21N3O3/c1-5-7-10(2)16(4)14(18)11-8-6-9-12(17(19)20)13(11)15-3/h6,8-10,15H,5,7H2,1-4H3. The van der Waals surface area contributed by atoms with Gasteiger partial charge in [0, 0.05) is 26.2 Å². The van der Waals surface area contributed by atoms with Gasteiger partial charge in [0.2, 0.25) is 0 Å². The number of nitrogens with zero attached hydrogens (tertiary/aromatic N) is 2. The van der Waals surface area contributed by atoms with E-state index in [4.69, 9.17) is 0 Å². The van der Waals surface area contributed by atoms with Gasteiger partial charge in [0.1, 0.15) is 5.69 Å². The Morgan fingerprint density at radius 2 is 2.15 bits per heavy atom. The van der Waals surface area contributed by atoms with E-state index in [9.17, 15) is 14.9 Å². The largest absolute Gasteiger partial charge is 0.382 e. The van der Waals surface area contributed by atoms with Crippen molar-refractivity contribution in [3.63, 3.8) is 0 Å². The van der Waals surface area contributed by atoms with E-state index in [1.807, 2.05) is 6.92 Å². The van der Waals surface area contributed by atoms with Crippen LogP contribution in [0.2, 0.25) is 0 Å². The summed E-state index contributed by atoms with van der Waals surface area (Å²) >= 11 is 0. The third-order valence-electron chi connectivity index (χ3n) is 3.41. The van der Waals surface area contributed by atoms with Gasteiger partial charge in [-0.25, -0.2) is 0 Å². The van der Waals surface area contributed by atoms with Gasteiger partial charge in [-0.1, -0.05) is 19.4 Å². The molecule has 0 heterocycles. The maximum absolute atomic E-state index is 12.5. The van der Waals surface area contributed by atoms with Crippen molar-refractivity contribution in [1.82, 2.24) is 4.90 Å². The van der Waals surface area contributed by atoms with Gasteiger partial charge in [-0.15, -0.1) is 0 Å². The number of carbonyl (C=O) groups excluding carboxylic acids is 1. The minimum Gasteiger partial charge on any atom is -0.382 e. The molecule has 1 N–H and O–H groups in total. The zero-order valence-corrected chi connectivity index (χ0v) is 12.3. The molecule has 0 aliphatic rings. The highest BCUT2D eigenvalue weighted by atomic mass is 16.6. The minimum atomic E-state index is -0.488. The predicted molar refractivity (Wildman–Crippen MR) is 79.1 cm³/mol. The molecule has 0 spiro atoms. The maximum Gasteiger partial charge on any atom is 0.293 e. The smallest absolute Gasteiger partial charge is 0.293 e. The Bertz CT molecular complexity index is 502. The molecule has 1 aromatic carbocycles. The molecule has 0 saturated carbocycles. The molecule has 1 unspecified atom stereocenters. The second-order valence-corrected chi connectivity index (χ2v) is 4.76. The molecule has 110 valence electrons. The summed E-state index contributed by atoms with van der Waals surface area (Å²) in [6.45, 7) is 4.03. The molecule has 0 aliphatic heterocycles. The van der Waals surface area contributed by atoms with E-state index in [0.717, 1.165) is 12.8 Å². The lowest BCUT2D eigenvalue weighted by atomic mass is 10.1. The third-order valence-corrected chi connectivity index (χ3v) is 3.41. The van der Waals surface area contributed by atoms with Crippen molar-refractivity contribution in [1.29, 1.82) is 0 Å².